The SMILES string of the molecule is CCC(C)C(C)NC1CC(C)C1. The maximum absolute atomic E-state index is 3.70. The molecule has 2 atom stereocenters. The van der Waals surface area contributed by atoms with Crippen molar-refractivity contribution in [3.63, 3.8) is 0 Å². The molecule has 2 unspecified atom stereocenters. The van der Waals surface area contributed by atoms with E-state index in [0.29, 0.717) is 6.04 Å². The molecule has 0 heterocycles. The molecular formula is C11H23N. The highest BCUT2D eigenvalue weighted by atomic mass is 15.0. The molecule has 0 radical (unpaired) electrons. The molecule has 1 heteroatoms. The van der Waals surface area contributed by atoms with Gasteiger partial charge >= 0.3 is 0 Å². The van der Waals surface area contributed by atoms with Crippen LogP contribution in [0.4, 0.5) is 0 Å². The lowest BCUT2D eigenvalue weighted by atomic mass is 9.81. The van der Waals surface area contributed by atoms with E-state index in [2.05, 4.69) is 33.0 Å². The third-order valence-corrected chi connectivity index (χ3v) is 3.37. The van der Waals surface area contributed by atoms with Crippen molar-refractivity contribution in [2.45, 2.75) is 59.0 Å². The monoisotopic (exact) mass is 169 g/mol. The molecule has 1 rings (SSSR count). The Balaban J connectivity index is 2.14. The Labute approximate surface area is 76.9 Å². The van der Waals surface area contributed by atoms with Crippen molar-refractivity contribution in [3.8, 4) is 0 Å². The smallest absolute Gasteiger partial charge is 0.00747 e. The third-order valence-electron chi connectivity index (χ3n) is 3.37. The van der Waals surface area contributed by atoms with E-state index < -0.39 is 0 Å². The molecule has 72 valence electrons. The van der Waals surface area contributed by atoms with Crippen LogP contribution in [0.2, 0.25) is 0 Å². The molecule has 1 fully saturated rings. The summed E-state index contributed by atoms with van der Waals surface area (Å²) in [6, 6.07) is 1.52. The Morgan fingerprint density at radius 1 is 1.33 bits per heavy atom. The first-order chi connectivity index (χ1) is 5.63. The van der Waals surface area contributed by atoms with Crippen LogP contribution < -0.4 is 5.32 Å². The zero-order valence-electron chi connectivity index (χ0n) is 8.93. The molecule has 0 aromatic carbocycles. The molecular weight excluding hydrogens is 146 g/mol. The molecule has 12 heavy (non-hydrogen) atoms. The number of nitrogens with one attached hydrogen (secondary N) is 1. The summed E-state index contributed by atoms with van der Waals surface area (Å²) >= 11 is 0. The average Bonchev–Trinajstić information content (AvgIpc) is 2.00. The Kier molecular flexibility index (Phi) is 3.57. The van der Waals surface area contributed by atoms with Gasteiger partial charge in [-0.3, -0.25) is 0 Å². The highest BCUT2D eigenvalue weighted by molar-refractivity contribution is 4.85. The summed E-state index contributed by atoms with van der Waals surface area (Å²) in [4.78, 5) is 0. The third kappa shape index (κ3) is 2.48. The fourth-order valence-corrected chi connectivity index (χ4v) is 1.93. The van der Waals surface area contributed by atoms with Gasteiger partial charge in [-0.15, -0.1) is 0 Å². The molecule has 0 bridgehead atoms. The largest absolute Gasteiger partial charge is 0.311 e. The quantitative estimate of drug-likeness (QED) is 0.682. The fourth-order valence-electron chi connectivity index (χ4n) is 1.93. The number of rotatable bonds is 4. The normalized spacial score (nSPS) is 34.0. The summed E-state index contributed by atoms with van der Waals surface area (Å²) in [5, 5.41) is 3.70. The highest BCUT2D eigenvalue weighted by Gasteiger charge is 2.26. The van der Waals surface area contributed by atoms with Crippen molar-refractivity contribution in [3.05, 3.63) is 0 Å². The van der Waals surface area contributed by atoms with Gasteiger partial charge in [-0.2, -0.15) is 0 Å². The zero-order valence-corrected chi connectivity index (χ0v) is 8.93. The minimum absolute atomic E-state index is 0.701. The maximum Gasteiger partial charge on any atom is 0.00747 e. The van der Waals surface area contributed by atoms with Crippen LogP contribution in [0, 0.1) is 11.8 Å². The molecule has 0 aliphatic heterocycles. The first-order valence-electron chi connectivity index (χ1n) is 5.39. The van der Waals surface area contributed by atoms with Crippen LogP contribution in [-0.4, -0.2) is 12.1 Å². The summed E-state index contributed by atoms with van der Waals surface area (Å²) in [5.41, 5.74) is 0. The van der Waals surface area contributed by atoms with Crippen molar-refractivity contribution in [2.75, 3.05) is 0 Å². The predicted molar refractivity (Wildman–Crippen MR) is 54.2 cm³/mol. The van der Waals surface area contributed by atoms with Gasteiger partial charge in [0.05, 0.1) is 0 Å². The van der Waals surface area contributed by atoms with Crippen molar-refractivity contribution < 1.29 is 0 Å². The molecule has 1 aliphatic carbocycles. The Hall–Kier alpha value is -0.0400. The van der Waals surface area contributed by atoms with Gasteiger partial charge in [0.15, 0.2) is 0 Å². The molecule has 0 amide bonds. The minimum Gasteiger partial charge on any atom is -0.311 e. The van der Waals surface area contributed by atoms with Gasteiger partial charge in [0, 0.05) is 12.1 Å². The van der Waals surface area contributed by atoms with E-state index in [-0.39, 0.29) is 0 Å². The van der Waals surface area contributed by atoms with Crippen LogP contribution in [0.25, 0.3) is 0 Å². The topological polar surface area (TPSA) is 12.0 Å². The molecule has 0 spiro atoms. The number of hydrogen-bond acceptors (Lipinski definition) is 1. The van der Waals surface area contributed by atoms with Crippen molar-refractivity contribution in [1.82, 2.24) is 5.32 Å². The summed E-state index contributed by atoms with van der Waals surface area (Å²) in [7, 11) is 0. The van der Waals surface area contributed by atoms with Crippen LogP contribution in [0.3, 0.4) is 0 Å². The summed E-state index contributed by atoms with van der Waals surface area (Å²) in [6.45, 7) is 9.26. The first-order valence-corrected chi connectivity index (χ1v) is 5.39. The second-order valence-electron chi connectivity index (χ2n) is 4.61. The second-order valence-corrected chi connectivity index (χ2v) is 4.61. The highest BCUT2D eigenvalue weighted by Crippen LogP contribution is 2.27. The van der Waals surface area contributed by atoms with E-state index in [1.165, 1.54) is 19.3 Å². The van der Waals surface area contributed by atoms with Gasteiger partial charge < -0.3 is 5.32 Å². The Morgan fingerprint density at radius 2 is 1.92 bits per heavy atom. The Morgan fingerprint density at radius 3 is 2.33 bits per heavy atom. The van der Waals surface area contributed by atoms with Crippen LogP contribution in [0.1, 0.15) is 47.0 Å². The average molecular weight is 169 g/mol. The van der Waals surface area contributed by atoms with E-state index in [9.17, 15) is 0 Å². The van der Waals surface area contributed by atoms with E-state index in [4.69, 9.17) is 0 Å². The Bertz CT molecular complexity index is 127. The van der Waals surface area contributed by atoms with Gasteiger partial charge in [-0.1, -0.05) is 27.2 Å². The van der Waals surface area contributed by atoms with Crippen molar-refractivity contribution in [2.24, 2.45) is 11.8 Å². The van der Waals surface area contributed by atoms with Gasteiger partial charge in [-0.05, 0) is 31.6 Å². The summed E-state index contributed by atoms with van der Waals surface area (Å²) in [6.07, 6.45) is 4.07. The lowest BCUT2D eigenvalue weighted by Crippen LogP contribution is -2.46. The van der Waals surface area contributed by atoms with Gasteiger partial charge in [-0.25, -0.2) is 0 Å². The summed E-state index contributed by atoms with van der Waals surface area (Å²) in [5.74, 6) is 1.78. The lowest BCUT2D eigenvalue weighted by Gasteiger charge is -2.37. The predicted octanol–water partition coefficient (Wildman–Crippen LogP) is 2.81. The maximum atomic E-state index is 3.70. The molecule has 0 saturated heterocycles. The molecule has 1 nitrogen and oxygen atoms in total. The van der Waals surface area contributed by atoms with E-state index >= 15 is 0 Å². The van der Waals surface area contributed by atoms with Crippen LogP contribution in [0.15, 0.2) is 0 Å². The zero-order chi connectivity index (χ0) is 9.14. The molecule has 0 aromatic heterocycles. The number of hydrogen-bond donors (Lipinski definition) is 1. The molecule has 1 saturated carbocycles. The van der Waals surface area contributed by atoms with Crippen LogP contribution in [0.5, 0.6) is 0 Å². The minimum atomic E-state index is 0.701. The van der Waals surface area contributed by atoms with Crippen LogP contribution in [-0.2, 0) is 0 Å². The second kappa shape index (κ2) is 4.27. The molecule has 1 aliphatic rings. The lowest BCUT2D eigenvalue weighted by molar-refractivity contribution is 0.206. The fraction of sp³-hybridized carbons (Fsp3) is 1.00. The van der Waals surface area contributed by atoms with Crippen molar-refractivity contribution >= 4 is 0 Å². The van der Waals surface area contributed by atoms with E-state index in [1.54, 1.807) is 0 Å². The van der Waals surface area contributed by atoms with Gasteiger partial charge in [0.25, 0.3) is 0 Å². The standard InChI is InChI=1S/C11H23N/c1-5-9(3)10(4)12-11-6-8(2)7-11/h8-12H,5-7H2,1-4H3. The van der Waals surface area contributed by atoms with Crippen LogP contribution >= 0.6 is 0 Å². The summed E-state index contributed by atoms with van der Waals surface area (Å²) < 4.78 is 0. The first kappa shape index (κ1) is 10.0. The van der Waals surface area contributed by atoms with E-state index in [0.717, 1.165) is 17.9 Å². The van der Waals surface area contributed by atoms with Gasteiger partial charge in [0.1, 0.15) is 0 Å². The van der Waals surface area contributed by atoms with Crippen molar-refractivity contribution in [1.29, 1.82) is 0 Å². The molecule has 1 N–H and O–H groups in total. The molecule has 0 aromatic rings. The van der Waals surface area contributed by atoms with Gasteiger partial charge in [0.2, 0.25) is 0 Å². The van der Waals surface area contributed by atoms with E-state index in [1.807, 2.05) is 0 Å².